The van der Waals surface area contributed by atoms with Gasteiger partial charge in [-0.25, -0.2) is 4.98 Å². The summed E-state index contributed by atoms with van der Waals surface area (Å²) in [4.78, 5) is 17.7. The van der Waals surface area contributed by atoms with Gasteiger partial charge in [-0.05, 0) is 25.0 Å². The average Bonchev–Trinajstić information content (AvgIpc) is 2.77. The number of carbonyl (C=O) groups excluding carboxylic acids is 1. The van der Waals surface area contributed by atoms with Crippen LogP contribution in [0.5, 0.6) is 0 Å². The third-order valence-corrected chi connectivity index (χ3v) is 5.93. The molecular weight excluding hydrogens is 306 g/mol. The van der Waals surface area contributed by atoms with Crippen molar-refractivity contribution in [3.05, 3.63) is 22.7 Å². The lowest BCUT2D eigenvalue weighted by Crippen LogP contribution is -2.27. The number of pyridine rings is 1. The van der Waals surface area contributed by atoms with Crippen LogP contribution in [-0.2, 0) is 10.8 Å². The van der Waals surface area contributed by atoms with Gasteiger partial charge in [-0.15, -0.1) is 11.3 Å². The number of rotatable bonds is 5. The SMILES string of the molecule is Cc1ccnc2sc(C(=O)NCCC(C)S(C)=O)c(N)c12. The summed E-state index contributed by atoms with van der Waals surface area (Å²) in [5, 5.41) is 3.76. The van der Waals surface area contributed by atoms with Crippen molar-refractivity contribution in [2.24, 2.45) is 0 Å². The van der Waals surface area contributed by atoms with Crippen molar-refractivity contribution in [2.45, 2.75) is 25.5 Å². The summed E-state index contributed by atoms with van der Waals surface area (Å²) >= 11 is 1.30. The molecule has 2 aromatic heterocycles. The number of nitrogens with one attached hydrogen (secondary N) is 1. The monoisotopic (exact) mass is 325 g/mol. The minimum Gasteiger partial charge on any atom is -0.397 e. The number of amides is 1. The lowest BCUT2D eigenvalue weighted by Gasteiger charge is -2.08. The van der Waals surface area contributed by atoms with E-state index in [1.165, 1.54) is 11.3 Å². The van der Waals surface area contributed by atoms with Gasteiger partial charge in [-0.3, -0.25) is 9.00 Å². The summed E-state index contributed by atoms with van der Waals surface area (Å²) in [5.74, 6) is -0.191. The molecule has 0 aliphatic rings. The molecule has 7 heteroatoms. The summed E-state index contributed by atoms with van der Waals surface area (Å²) in [7, 11) is -0.873. The minimum absolute atomic E-state index is 0.0639. The van der Waals surface area contributed by atoms with Crippen LogP contribution in [0.4, 0.5) is 5.69 Å². The molecule has 0 fully saturated rings. The zero-order chi connectivity index (χ0) is 15.6. The van der Waals surface area contributed by atoms with Crippen molar-refractivity contribution in [3.8, 4) is 0 Å². The summed E-state index contributed by atoms with van der Waals surface area (Å²) in [5.41, 5.74) is 7.59. The van der Waals surface area contributed by atoms with E-state index < -0.39 is 10.8 Å². The van der Waals surface area contributed by atoms with Crippen molar-refractivity contribution in [3.63, 3.8) is 0 Å². The largest absolute Gasteiger partial charge is 0.397 e. The van der Waals surface area contributed by atoms with Crippen LogP contribution >= 0.6 is 11.3 Å². The van der Waals surface area contributed by atoms with Gasteiger partial charge in [0.05, 0.1) is 5.69 Å². The van der Waals surface area contributed by atoms with Gasteiger partial charge >= 0.3 is 0 Å². The molecule has 0 saturated carbocycles. The Morgan fingerprint density at radius 3 is 2.90 bits per heavy atom. The van der Waals surface area contributed by atoms with Gasteiger partial charge in [-0.1, -0.05) is 6.92 Å². The second-order valence-electron chi connectivity index (χ2n) is 5.01. The van der Waals surface area contributed by atoms with Gasteiger partial charge in [0.1, 0.15) is 9.71 Å². The highest BCUT2D eigenvalue weighted by molar-refractivity contribution is 7.84. The van der Waals surface area contributed by atoms with Crippen LogP contribution in [0.15, 0.2) is 12.3 Å². The number of aromatic nitrogens is 1. The minimum atomic E-state index is -0.873. The van der Waals surface area contributed by atoms with Gasteiger partial charge < -0.3 is 11.1 Å². The Labute approximate surface area is 130 Å². The van der Waals surface area contributed by atoms with Crippen LogP contribution < -0.4 is 11.1 Å². The van der Waals surface area contributed by atoms with E-state index in [0.717, 1.165) is 15.8 Å². The molecule has 21 heavy (non-hydrogen) atoms. The summed E-state index contributed by atoms with van der Waals surface area (Å²) < 4.78 is 11.3. The van der Waals surface area contributed by atoms with Gasteiger partial charge in [0.2, 0.25) is 0 Å². The standard InChI is InChI=1S/C14H19N3O2S2/c1-8-4-6-17-14-10(8)11(15)12(20-14)13(18)16-7-5-9(2)21(3)19/h4,6,9H,5,7,15H2,1-3H3,(H,16,18). The molecule has 1 amide bonds. The predicted molar refractivity (Wildman–Crippen MR) is 89.2 cm³/mol. The van der Waals surface area contributed by atoms with E-state index in [1.54, 1.807) is 12.5 Å². The lowest BCUT2D eigenvalue weighted by molar-refractivity contribution is 0.0958. The van der Waals surface area contributed by atoms with Crippen molar-refractivity contribution in [2.75, 3.05) is 18.5 Å². The van der Waals surface area contributed by atoms with E-state index in [4.69, 9.17) is 5.73 Å². The van der Waals surface area contributed by atoms with E-state index in [-0.39, 0.29) is 11.2 Å². The number of hydrogen-bond donors (Lipinski definition) is 2. The molecule has 2 unspecified atom stereocenters. The van der Waals surface area contributed by atoms with Gasteiger partial charge in [0.15, 0.2) is 0 Å². The van der Waals surface area contributed by atoms with Crippen LogP contribution in [0.1, 0.15) is 28.6 Å². The lowest BCUT2D eigenvalue weighted by atomic mass is 10.2. The van der Waals surface area contributed by atoms with E-state index in [0.29, 0.717) is 23.5 Å². The average molecular weight is 325 g/mol. The van der Waals surface area contributed by atoms with Gasteiger partial charge in [-0.2, -0.15) is 0 Å². The number of carbonyl (C=O) groups is 1. The Morgan fingerprint density at radius 1 is 1.57 bits per heavy atom. The molecule has 0 aliphatic carbocycles. The number of fused-ring (bicyclic) bond motifs is 1. The maximum absolute atomic E-state index is 12.2. The van der Waals surface area contributed by atoms with Gasteiger partial charge in [0, 0.05) is 40.4 Å². The number of nitrogens with two attached hydrogens (primary N) is 1. The fourth-order valence-corrected chi connectivity index (χ4v) is 3.51. The van der Waals surface area contributed by atoms with Crippen molar-refractivity contribution < 1.29 is 9.00 Å². The number of nitrogens with zero attached hydrogens (tertiary/aromatic N) is 1. The Bertz CT molecular complexity index is 697. The Hall–Kier alpha value is -1.47. The Balaban J connectivity index is 2.12. The van der Waals surface area contributed by atoms with E-state index in [9.17, 15) is 9.00 Å². The molecule has 5 nitrogen and oxygen atoms in total. The Kier molecular flexibility index (Phi) is 4.95. The first-order valence-corrected chi connectivity index (χ1v) is 9.09. The van der Waals surface area contributed by atoms with E-state index in [1.807, 2.05) is 19.9 Å². The molecule has 2 aromatic rings. The van der Waals surface area contributed by atoms with Gasteiger partial charge in [0.25, 0.3) is 5.91 Å². The van der Waals surface area contributed by atoms with Crippen LogP contribution in [0, 0.1) is 6.92 Å². The molecule has 0 bridgehead atoms. The number of nitrogen functional groups attached to an aromatic ring is 1. The fraction of sp³-hybridized carbons (Fsp3) is 0.429. The summed E-state index contributed by atoms with van der Waals surface area (Å²) in [6.07, 6.45) is 4.06. The Morgan fingerprint density at radius 2 is 2.29 bits per heavy atom. The van der Waals surface area contributed by atoms with Crippen molar-refractivity contribution >= 4 is 43.9 Å². The highest BCUT2D eigenvalue weighted by Crippen LogP contribution is 2.34. The second kappa shape index (κ2) is 6.53. The van der Waals surface area contributed by atoms with Crippen LogP contribution in [-0.4, -0.2) is 33.2 Å². The number of thiophene rings is 1. The zero-order valence-corrected chi connectivity index (χ0v) is 13.9. The molecule has 0 saturated heterocycles. The smallest absolute Gasteiger partial charge is 0.263 e. The molecule has 0 aliphatic heterocycles. The molecular formula is C14H19N3O2S2. The van der Waals surface area contributed by atoms with Crippen molar-refractivity contribution in [1.82, 2.24) is 10.3 Å². The highest BCUT2D eigenvalue weighted by atomic mass is 32.2. The molecule has 3 N–H and O–H groups in total. The van der Waals surface area contributed by atoms with E-state index in [2.05, 4.69) is 10.3 Å². The first-order chi connectivity index (χ1) is 9.91. The summed E-state index contributed by atoms with van der Waals surface area (Å²) in [6, 6.07) is 1.88. The molecule has 2 atom stereocenters. The number of aryl methyl sites for hydroxylation is 1. The second-order valence-corrected chi connectivity index (χ2v) is 7.81. The highest BCUT2D eigenvalue weighted by Gasteiger charge is 2.18. The number of anilines is 1. The van der Waals surface area contributed by atoms with Crippen LogP contribution in [0.2, 0.25) is 0 Å². The molecule has 2 heterocycles. The number of hydrogen-bond acceptors (Lipinski definition) is 5. The molecule has 114 valence electrons. The maximum atomic E-state index is 12.2. The van der Waals surface area contributed by atoms with Crippen LogP contribution in [0.25, 0.3) is 10.2 Å². The first kappa shape index (κ1) is 15.9. The molecule has 2 rings (SSSR count). The third kappa shape index (κ3) is 3.41. The maximum Gasteiger partial charge on any atom is 0.263 e. The fourth-order valence-electron chi connectivity index (χ4n) is 2.01. The predicted octanol–water partition coefficient (Wildman–Crippen LogP) is 2.07. The molecule has 0 aromatic carbocycles. The normalized spacial score (nSPS) is 14.0. The quantitative estimate of drug-likeness (QED) is 0.881. The van der Waals surface area contributed by atoms with E-state index >= 15 is 0 Å². The van der Waals surface area contributed by atoms with Crippen LogP contribution in [0.3, 0.4) is 0 Å². The van der Waals surface area contributed by atoms with Crippen molar-refractivity contribution in [1.29, 1.82) is 0 Å². The third-order valence-electron chi connectivity index (χ3n) is 3.45. The first-order valence-electron chi connectivity index (χ1n) is 6.65. The molecule has 0 spiro atoms. The summed E-state index contributed by atoms with van der Waals surface area (Å²) in [6.45, 7) is 4.34. The topological polar surface area (TPSA) is 85.1 Å². The molecule has 0 radical (unpaired) electrons. The zero-order valence-electron chi connectivity index (χ0n) is 12.3.